The van der Waals surface area contributed by atoms with Crippen molar-refractivity contribution in [2.45, 2.75) is 26.3 Å². The molecule has 0 aliphatic heterocycles. The fourth-order valence-corrected chi connectivity index (χ4v) is 1.68. The SMILES string of the molecule is CCCN(c1ccc(Cl)cc1)C(C)C(=O)O. The Kier molecular flexibility index (Phi) is 4.62. The van der Waals surface area contributed by atoms with Gasteiger partial charge in [0, 0.05) is 17.3 Å². The van der Waals surface area contributed by atoms with E-state index >= 15 is 0 Å². The fourth-order valence-electron chi connectivity index (χ4n) is 1.55. The number of halogens is 1. The Morgan fingerprint density at radius 3 is 2.44 bits per heavy atom. The minimum Gasteiger partial charge on any atom is -0.480 e. The lowest BCUT2D eigenvalue weighted by Crippen LogP contribution is -2.39. The average molecular weight is 242 g/mol. The van der Waals surface area contributed by atoms with Crippen LogP contribution in [0.1, 0.15) is 20.3 Å². The molecule has 0 fully saturated rings. The van der Waals surface area contributed by atoms with Crippen LogP contribution in [0.15, 0.2) is 24.3 Å². The van der Waals surface area contributed by atoms with E-state index in [4.69, 9.17) is 16.7 Å². The molecule has 0 spiro atoms. The standard InChI is InChI=1S/C12H16ClNO2/c1-3-8-14(9(2)12(15)16)11-6-4-10(13)5-7-11/h4-7,9H,3,8H2,1-2H3,(H,15,16). The average Bonchev–Trinajstić information content (AvgIpc) is 2.26. The first-order chi connectivity index (χ1) is 7.56. The molecule has 1 aromatic rings. The van der Waals surface area contributed by atoms with Crippen molar-refractivity contribution >= 4 is 23.3 Å². The second-order valence-corrected chi connectivity index (χ2v) is 4.12. The van der Waals surface area contributed by atoms with Gasteiger partial charge in [-0.2, -0.15) is 0 Å². The fraction of sp³-hybridized carbons (Fsp3) is 0.417. The molecule has 16 heavy (non-hydrogen) atoms. The largest absolute Gasteiger partial charge is 0.480 e. The van der Waals surface area contributed by atoms with Gasteiger partial charge in [0.15, 0.2) is 0 Å². The molecule has 1 unspecified atom stereocenters. The molecular weight excluding hydrogens is 226 g/mol. The van der Waals surface area contributed by atoms with Gasteiger partial charge in [-0.15, -0.1) is 0 Å². The maximum Gasteiger partial charge on any atom is 0.326 e. The van der Waals surface area contributed by atoms with Crippen molar-refractivity contribution < 1.29 is 9.90 Å². The van der Waals surface area contributed by atoms with Gasteiger partial charge >= 0.3 is 5.97 Å². The lowest BCUT2D eigenvalue weighted by Gasteiger charge is -2.28. The highest BCUT2D eigenvalue weighted by atomic mass is 35.5. The van der Waals surface area contributed by atoms with E-state index in [1.165, 1.54) is 0 Å². The van der Waals surface area contributed by atoms with Crippen LogP contribution in [0.25, 0.3) is 0 Å². The number of carboxylic acid groups (broad SMARTS) is 1. The van der Waals surface area contributed by atoms with E-state index in [1.54, 1.807) is 19.1 Å². The van der Waals surface area contributed by atoms with Gasteiger partial charge in [-0.1, -0.05) is 18.5 Å². The van der Waals surface area contributed by atoms with Gasteiger partial charge in [0.1, 0.15) is 6.04 Å². The van der Waals surface area contributed by atoms with E-state index in [1.807, 2.05) is 24.0 Å². The molecule has 0 saturated carbocycles. The van der Waals surface area contributed by atoms with Crippen LogP contribution in [0.2, 0.25) is 5.02 Å². The zero-order chi connectivity index (χ0) is 12.1. The van der Waals surface area contributed by atoms with Crippen molar-refractivity contribution in [3.63, 3.8) is 0 Å². The van der Waals surface area contributed by atoms with E-state index in [-0.39, 0.29) is 0 Å². The number of nitrogens with zero attached hydrogens (tertiary/aromatic N) is 1. The summed E-state index contributed by atoms with van der Waals surface area (Å²) in [5, 5.41) is 9.68. The summed E-state index contributed by atoms with van der Waals surface area (Å²) in [7, 11) is 0. The molecule has 0 aliphatic carbocycles. The number of hydrogen-bond donors (Lipinski definition) is 1. The summed E-state index contributed by atoms with van der Waals surface area (Å²) < 4.78 is 0. The third kappa shape index (κ3) is 3.14. The predicted octanol–water partition coefficient (Wildman–Crippen LogP) is 3.03. The minimum atomic E-state index is -0.816. The van der Waals surface area contributed by atoms with E-state index in [2.05, 4.69) is 0 Å². The van der Waals surface area contributed by atoms with Crippen LogP contribution in [0, 0.1) is 0 Å². The summed E-state index contributed by atoms with van der Waals surface area (Å²) in [5.74, 6) is -0.816. The Bertz CT molecular complexity index is 351. The van der Waals surface area contributed by atoms with Gasteiger partial charge in [-0.3, -0.25) is 0 Å². The molecule has 0 aliphatic rings. The molecule has 0 bridgehead atoms. The minimum absolute atomic E-state index is 0.527. The highest BCUT2D eigenvalue weighted by Crippen LogP contribution is 2.20. The molecule has 0 aromatic heterocycles. The zero-order valence-electron chi connectivity index (χ0n) is 9.48. The van der Waals surface area contributed by atoms with Crippen LogP contribution in [-0.4, -0.2) is 23.7 Å². The summed E-state index contributed by atoms with van der Waals surface area (Å²) in [6.45, 7) is 4.43. The number of carboxylic acids is 1. The summed E-state index contributed by atoms with van der Waals surface area (Å²) in [5.41, 5.74) is 0.890. The van der Waals surface area contributed by atoms with Gasteiger partial charge in [0.25, 0.3) is 0 Å². The molecule has 1 N–H and O–H groups in total. The molecule has 4 heteroatoms. The first kappa shape index (κ1) is 12.8. The summed E-state index contributed by atoms with van der Waals surface area (Å²) in [4.78, 5) is 12.8. The lowest BCUT2D eigenvalue weighted by atomic mass is 10.2. The van der Waals surface area contributed by atoms with E-state index in [0.717, 1.165) is 18.7 Å². The lowest BCUT2D eigenvalue weighted by molar-refractivity contribution is -0.138. The van der Waals surface area contributed by atoms with Gasteiger partial charge in [0.2, 0.25) is 0 Å². The first-order valence-corrected chi connectivity index (χ1v) is 5.69. The molecular formula is C12H16ClNO2. The third-order valence-electron chi connectivity index (χ3n) is 2.45. The quantitative estimate of drug-likeness (QED) is 0.862. The number of rotatable bonds is 5. The van der Waals surface area contributed by atoms with Crippen LogP contribution in [-0.2, 0) is 4.79 Å². The van der Waals surface area contributed by atoms with Gasteiger partial charge in [-0.25, -0.2) is 4.79 Å². The monoisotopic (exact) mass is 241 g/mol. The molecule has 88 valence electrons. The number of aliphatic carboxylic acids is 1. The van der Waals surface area contributed by atoms with Gasteiger partial charge in [0.05, 0.1) is 0 Å². The van der Waals surface area contributed by atoms with Crippen molar-refractivity contribution in [3.8, 4) is 0 Å². The smallest absolute Gasteiger partial charge is 0.326 e. The van der Waals surface area contributed by atoms with Gasteiger partial charge in [-0.05, 0) is 37.6 Å². The second-order valence-electron chi connectivity index (χ2n) is 3.68. The maximum atomic E-state index is 11.0. The van der Waals surface area contributed by atoms with Crippen molar-refractivity contribution in [2.24, 2.45) is 0 Å². The highest BCUT2D eigenvalue weighted by molar-refractivity contribution is 6.30. The van der Waals surface area contributed by atoms with Crippen molar-refractivity contribution in [2.75, 3.05) is 11.4 Å². The normalized spacial score (nSPS) is 12.2. The van der Waals surface area contributed by atoms with E-state index in [0.29, 0.717) is 5.02 Å². The Hall–Kier alpha value is -1.22. The Morgan fingerprint density at radius 1 is 1.44 bits per heavy atom. The molecule has 3 nitrogen and oxygen atoms in total. The zero-order valence-corrected chi connectivity index (χ0v) is 10.2. The van der Waals surface area contributed by atoms with Crippen molar-refractivity contribution in [3.05, 3.63) is 29.3 Å². The predicted molar refractivity (Wildman–Crippen MR) is 66.2 cm³/mol. The number of carbonyl (C=O) groups is 1. The number of benzene rings is 1. The maximum absolute atomic E-state index is 11.0. The van der Waals surface area contributed by atoms with Crippen LogP contribution >= 0.6 is 11.6 Å². The molecule has 0 heterocycles. The summed E-state index contributed by atoms with van der Waals surface area (Å²) >= 11 is 5.80. The van der Waals surface area contributed by atoms with Gasteiger partial charge < -0.3 is 10.0 Å². The molecule has 1 rings (SSSR count). The summed E-state index contributed by atoms with van der Waals surface area (Å²) in [6.07, 6.45) is 0.903. The van der Waals surface area contributed by atoms with E-state index in [9.17, 15) is 4.79 Å². The molecule has 1 aromatic carbocycles. The Morgan fingerprint density at radius 2 is 2.00 bits per heavy atom. The topological polar surface area (TPSA) is 40.5 Å². The van der Waals surface area contributed by atoms with Crippen LogP contribution in [0.3, 0.4) is 0 Å². The molecule has 0 amide bonds. The second kappa shape index (κ2) is 5.75. The van der Waals surface area contributed by atoms with Crippen LogP contribution in [0.4, 0.5) is 5.69 Å². The van der Waals surface area contributed by atoms with E-state index < -0.39 is 12.0 Å². The van der Waals surface area contributed by atoms with Crippen LogP contribution < -0.4 is 4.90 Å². The number of hydrogen-bond acceptors (Lipinski definition) is 2. The number of anilines is 1. The molecule has 0 saturated heterocycles. The van der Waals surface area contributed by atoms with Crippen LogP contribution in [0.5, 0.6) is 0 Å². The first-order valence-electron chi connectivity index (χ1n) is 5.31. The van der Waals surface area contributed by atoms with Crippen molar-refractivity contribution in [1.82, 2.24) is 0 Å². The highest BCUT2D eigenvalue weighted by Gasteiger charge is 2.19. The summed E-state index contributed by atoms with van der Waals surface area (Å²) in [6, 6.07) is 6.71. The Labute approximate surface area is 101 Å². The van der Waals surface area contributed by atoms with Crippen molar-refractivity contribution in [1.29, 1.82) is 0 Å². The molecule has 1 atom stereocenters. The third-order valence-corrected chi connectivity index (χ3v) is 2.70. The Balaban J connectivity index is 2.92. The molecule has 0 radical (unpaired) electrons.